The maximum atomic E-state index is 12.2. The van der Waals surface area contributed by atoms with Gasteiger partial charge in [0.15, 0.2) is 0 Å². The Morgan fingerprint density at radius 2 is 2.10 bits per heavy atom. The molecule has 1 amide bonds. The number of hydrogen-bond acceptors (Lipinski definition) is 4. The monoisotopic (exact) mass is 331 g/mol. The first kappa shape index (κ1) is 16.3. The summed E-state index contributed by atoms with van der Waals surface area (Å²) >= 11 is 0. The lowest BCUT2D eigenvalue weighted by molar-refractivity contribution is -0.0679. The van der Waals surface area contributed by atoms with Crippen LogP contribution in [0.2, 0.25) is 0 Å². The zero-order valence-electron chi connectivity index (χ0n) is 12.0. The highest BCUT2D eigenvalue weighted by Crippen LogP contribution is 2.34. The second-order valence-corrected chi connectivity index (χ2v) is 7.90. The number of carbonyl (C=O) groups excluding carboxylic acids is 1. The van der Waals surface area contributed by atoms with E-state index in [1.165, 1.54) is 12.1 Å². The largest absolute Gasteiger partial charge is 0.376 e. The summed E-state index contributed by atoms with van der Waals surface area (Å²) in [5, 5.41) is 2.81. The number of benzene rings is 1. The molecule has 0 atom stereocenters. The van der Waals surface area contributed by atoms with Crippen LogP contribution >= 0.6 is 10.7 Å². The van der Waals surface area contributed by atoms with Gasteiger partial charge in [-0.05, 0) is 43.9 Å². The molecular weight excluding hydrogens is 314 g/mol. The van der Waals surface area contributed by atoms with Crippen molar-refractivity contribution in [3.8, 4) is 0 Å². The Kier molecular flexibility index (Phi) is 4.60. The van der Waals surface area contributed by atoms with Crippen molar-refractivity contribution in [3.63, 3.8) is 0 Å². The predicted octanol–water partition coefficient (Wildman–Crippen LogP) is 2.22. The van der Waals surface area contributed by atoms with Crippen molar-refractivity contribution < 1.29 is 17.9 Å². The maximum Gasteiger partial charge on any atom is 0.261 e. The molecule has 0 heterocycles. The second-order valence-electron chi connectivity index (χ2n) is 5.34. The third kappa shape index (κ3) is 3.56. The Balaban J connectivity index is 2.15. The zero-order chi connectivity index (χ0) is 15.7. The normalized spacial score (nSPS) is 17.1. The van der Waals surface area contributed by atoms with E-state index in [4.69, 9.17) is 15.4 Å². The molecule has 0 spiro atoms. The Bertz CT molecular complexity index is 647. The van der Waals surface area contributed by atoms with Crippen LogP contribution in [0.15, 0.2) is 23.1 Å². The van der Waals surface area contributed by atoms with E-state index >= 15 is 0 Å². The van der Waals surface area contributed by atoms with Gasteiger partial charge in [-0.2, -0.15) is 0 Å². The Labute approximate surface area is 129 Å². The first-order valence-corrected chi connectivity index (χ1v) is 8.97. The molecule has 1 aromatic carbocycles. The fraction of sp³-hybridized carbons (Fsp3) is 0.500. The maximum absolute atomic E-state index is 12.2. The van der Waals surface area contributed by atoms with Crippen LogP contribution in [0.5, 0.6) is 0 Å². The van der Waals surface area contributed by atoms with Gasteiger partial charge >= 0.3 is 0 Å². The van der Waals surface area contributed by atoms with Crippen LogP contribution in [-0.4, -0.2) is 33.6 Å². The van der Waals surface area contributed by atoms with Gasteiger partial charge in [-0.25, -0.2) is 8.42 Å². The molecule has 1 saturated carbocycles. The average molecular weight is 332 g/mol. The summed E-state index contributed by atoms with van der Waals surface area (Å²) in [7, 11) is 3.10. The van der Waals surface area contributed by atoms with Crippen molar-refractivity contribution in [1.29, 1.82) is 0 Å². The minimum absolute atomic E-state index is 0.0787. The van der Waals surface area contributed by atoms with Crippen LogP contribution in [0.4, 0.5) is 0 Å². The Morgan fingerprint density at radius 1 is 1.43 bits per heavy atom. The van der Waals surface area contributed by atoms with Gasteiger partial charge in [0.05, 0.1) is 10.5 Å². The third-order valence-corrected chi connectivity index (χ3v) is 5.36. The first-order valence-electron chi connectivity index (χ1n) is 6.66. The molecule has 0 radical (unpaired) electrons. The van der Waals surface area contributed by atoms with Crippen molar-refractivity contribution in [1.82, 2.24) is 5.32 Å². The lowest BCUT2D eigenvalue weighted by atomic mass is 9.80. The lowest BCUT2D eigenvalue weighted by Crippen LogP contribution is -2.49. The highest BCUT2D eigenvalue weighted by molar-refractivity contribution is 8.13. The van der Waals surface area contributed by atoms with Crippen LogP contribution < -0.4 is 5.32 Å². The molecule has 1 fully saturated rings. The zero-order valence-corrected chi connectivity index (χ0v) is 13.6. The number of nitrogens with one attached hydrogen (secondary N) is 1. The number of aryl methyl sites for hydroxylation is 1. The summed E-state index contributed by atoms with van der Waals surface area (Å²) < 4.78 is 28.1. The molecule has 0 bridgehead atoms. The molecule has 1 N–H and O–H groups in total. The average Bonchev–Trinajstić information content (AvgIpc) is 2.36. The van der Waals surface area contributed by atoms with Gasteiger partial charge in [-0.3, -0.25) is 4.79 Å². The molecule has 1 aliphatic rings. The molecule has 0 unspecified atom stereocenters. The van der Waals surface area contributed by atoms with E-state index in [0.717, 1.165) is 19.3 Å². The molecule has 21 heavy (non-hydrogen) atoms. The first-order chi connectivity index (χ1) is 9.77. The van der Waals surface area contributed by atoms with Crippen LogP contribution in [0, 0.1) is 6.92 Å². The molecule has 7 heteroatoms. The number of halogens is 1. The minimum Gasteiger partial charge on any atom is -0.376 e. The number of methoxy groups -OCH3 is 1. The Morgan fingerprint density at radius 3 is 2.57 bits per heavy atom. The third-order valence-electron chi connectivity index (χ3n) is 4.00. The fourth-order valence-electron chi connectivity index (χ4n) is 2.36. The summed E-state index contributed by atoms with van der Waals surface area (Å²) in [4.78, 5) is 12.2. The Hall–Kier alpha value is -1.11. The van der Waals surface area contributed by atoms with Crippen molar-refractivity contribution in [2.24, 2.45) is 0 Å². The quantitative estimate of drug-likeness (QED) is 0.840. The molecule has 5 nitrogen and oxygen atoms in total. The van der Waals surface area contributed by atoms with Crippen molar-refractivity contribution >= 4 is 25.6 Å². The van der Waals surface area contributed by atoms with E-state index < -0.39 is 9.05 Å². The molecule has 2 rings (SSSR count). The van der Waals surface area contributed by atoms with Gasteiger partial charge in [0, 0.05) is 29.9 Å². The summed E-state index contributed by atoms with van der Waals surface area (Å²) in [6.07, 6.45) is 2.92. The number of ether oxygens (including phenoxy) is 1. The molecule has 0 aliphatic heterocycles. The fourth-order valence-corrected chi connectivity index (χ4v) is 3.14. The standard InChI is InChI=1S/C14H18ClNO4S/c1-10-4-5-11(21(15,18)19)8-12(10)13(17)16-9-14(20-2)6-3-7-14/h4-5,8H,3,6-7,9H2,1-2H3,(H,16,17). The van der Waals surface area contributed by atoms with E-state index in [-0.39, 0.29) is 16.4 Å². The van der Waals surface area contributed by atoms with E-state index in [9.17, 15) is 13.2 Å². The molecule has 1 aliphatic carbocycles. The number of hydrogen-bond donors (Lipinski definition) is 1. The minimum atomic E-state index is -3.85. The predicted molar refractivity (Wildman–Crippen MR) is 80.1 cm³/mol. The molecule has 0 saturated heterocycles. The summed E-state index contributed by atoms with van der Waals surface area (Å²) in [5.41, 5.74) is 0.721. The van der Waals surface area contributed by atoms with E-state index in [1.807, 2.05) is 0 Å². The second kappa shape index (κ2) is 5.94. The number of rotatable bonds is 5. The number of carbonyl (C=O) groups is 1. The van der Waals surface area contributed by atoms with Crippen LogP contribution in [0.3, 0.4) is 0 Å². The summed E-state index contributed by atoms with van der Waals surface area (Å²) in [6.45, 7) is 2.16. The summed E-state index contributed by atoms with van der Waals surface area (Å²) in [6, 6.07) is 4.25. The highest BCUT2D eigenvalue weighted by Gasteiger charge is 2.37. The van der Waals surface area contributed by atoms with Gasteiger partial charge < -0.3 is 10.1 Å². The van der Waals surface area contributed by atoms with Gasteiger partial charge in [0.1, 0.15) is 0 Å². The SMILES string of the molecule is COC1(CNC(=O)c2cc(S(=O)(=O)Cl)ccc2C)CCC1. The lowest BCUT2D eigenvalue weighted by Gasteiger charge is -2.40. The van der Waals surface area contributed by atoms with Gasteiger partial charge in [-0.15, -0.1) is 0 Å². The molecule has 116 valence electrons. The molecule has 1 aromatic rings. The van der Waals surface area contributed by atoms with Crippen molar-refractivity contribution in [2.75, 3.05) is 13.7 Å². The molecule has 0 aromatic heterocycles. The highest BCUT2D eigenvalue weighted by atomic mass is 35.7. The molecular formula is C14H18ClNO4S. The van der Waals surface area contributed by atoms with Gasteiger partial charge in [0.25, 0.3) is 15.0 Å². The topological polar surface area (TPSA) is 72.5 Å². The van der Waals surface area contributed by atoms with Crippen LogP contribution in [0.25, 0.3) is 0 Å². The van der Waals surface area contributed by atoms with E-state index in [1.54, 1.807) is 20.1 Å². The van der Waals surface area contributed by atoms with E-state index in [0.29, 0.717) is 17.7 Å². The van der Waals surface area contributed by atoms with E-state index in [2.05, 4.69) is 5.32 Å². The smallest absolute Gasteiger partial charge is 0.261 e. The summed E-state index contributed by atoms with van der Waals surface area (Å²) in [5.74, 6) is -0.321. The van der Waals surface area contributed by atoms with Crippen LogP contribution in [-0.2, 0) is 13.8 Å². The number of amides is 1. The van der Waals surface area contributed by atoms with Crippen LogP contribution in [0.1, 0.15) is 35.2 Å². The van der Waals surface area contributed by atoms with Crippen molar-refractivity contribution in [3.05, 3.63) is 29.3 Å². The van der Waals surface area contributed by atoms with Crippen molar-refractivity contribution in [2.45, 2.75) is 36.7 Å². The van der Waals surface area contributed by atoms with Gasteiger partial charge in [-0.1, -0.05) is 6.07 Å². The van der Waals surface area contributed by atoms with Gasteiger partial charge in [0.2, 0.25) is 0 Å².